The number of amides is 1. The molecule has 4 rings (SSSR count). The van der Waals surface area contributed by atoms with Crippen molar-refractivity contribution in [1.82, 2.24) is 4.90 Å². The average Bonchev–Trinajstić information content (AvgIpc) is 3.19. The summed E-state index contributed by atoms with van der Waals surface area (Å²) in [5.41, 5.74) is 1.60. The van der Waals surface area contributed by atoms with Crippen LogP contribution >= 0.6 is 0 Å². The molecule has 13 heteroatoms. The highest BCUT2D eigenvalue weighted by Crippen LogP contribution is 2.39. The van der Waals surface area contributed by atoms with E-state index in [0.717, 1.165) is 10.5 Å². The standard InChI is InChI=1S/C44H69NO12/c1-10-13-31-19-25(2)18-26(3)20-37(54-8)40-38(55-9)22-28(5)44(52,57-40)41(49)42(50)45-17-12-11-14-32(45)43(51)56-35(24-34(31)47)29(6)39(48)27(4)21-30-15-16-33(46)36(23-30)53-7/h10,19,21,26,28-33,35-40,46,48,52H,1,11-18,20,22-24H2,2-9H3/b25-19+,27-21?/t26-,28+,29+,30-,31+,32-,33+,35-,36+,37-,38-,39+,40+,44+/m0/s1. The fourth-order valence-electron chi connectivity index (χ4n) is 9.40. The molecule has 2 bridgehead atoms. The number of hydrogen-bond acceptors (Lipinski definition) is 12. The largest absolute Gasteiger partial charge is 0.460 e. The zero-order valence-electron chi connectivity index (χ0n) is 35.4. The van der Waals surface area contributed by atoms with Crippen molar-refractivity contribution in [2.75, 3.05) is 27.9 Å². The Kier molecular flexibility index (Phi) is 17.2. The van der Waals surface area contributed by atoms with Gasteiger partial charge in [-0.1, -0.05) is 44.6 Å². The third kappa shape index (κ3) is 11.3. The number of allylic oxidation sites excluding steroid dienone is 4. The van der Waals surface area contributed by atoms with Gasteiger partial charge in [0.2, 0.25) is 5.79 Å². The molecule has 13 nitrogen and oxygen atoms in total. The van der Waals surface area contributed by atoms with Gasteiger partial charge in [0.1, 0.15) is 24.0 Å². The number of nitrogens with zero attached hydrogens (tertiary/aromatic N) is 1. The molecule has 3 N–H and O–H groups in total. The van der Waals surface area contributed by atoms with Gasteiger partial charge in [-0.15, -0.1) is 6.58 Å². The Morgan fingerprint density at radius 3 is 2.32 bits per heavy atom. The van der Waals surface area contributed by atoms with Crippen LogP contribution in [0.3, 0.4) is 0 Å². The minimum atomic E-state index is -2.50. The molecule has 0 aromatic rings. The zero-order chi connectivity index (χ0) is 42.2. The molecule has 1 aliphatic carbocycles. The summed E-state index contributed by atoms with van der Waals surface area (Å²) in [7, 11) is 4.63. The number of ether oxygens (including phenoxy) is 5. The molecule has 3 fully saturated rings. The van der Waals surface area contributed by atoms with Gasteiger partial charge in [-0.05, 0) is 95.5 Å². The van der Waals surface area contributed by atoms with Crippen LogP contribution in [-0.4, -0.2) is 126 Å². The molecule has 3 heterocycles. The van der Waals surface area contributed by atoms with E-state index in [4.69, 9.17) is 23.7 Å². The van der Waals surface area contributed by atoms with Crippen LogP contribution in [0.25, 0.3) is 0 Å². The van der Waals surface area contributed by atoms with Crippen molar-refractivity contribution < 1.29 is 58.2 Å². The summed E-state index contributed by atoms with van der Waals surface area (Å²) in [6.07, 6.45) is 5.10. The summed E-state index contributed by atoms with van der Waals surface area (Å²) in [6, 6.07) is -1.17. The van der Waals surface area contributed by atoms with E-state index in [1.165, 1.54) is 14.2 Å². The van der Waals surface area contributed by atoms with E-state index >= 15 is 0 Å². The SMILES string of the molecule is C=CC[C@@H]1/C=C(\C)C[C@H](C)C[C@H](OC)[C@H]2O[C@@](O)(C(=O)C(=O)N3CCCC[C@H]3C(=O)O[C@H]([C@@H](C)[C@H](O)C(C)=C[C@@H]3CC[C@@H](O)[C@H](OC)C3)CC1=O)[C@H](C)C[C@@H]2OC. The number of esters is 1. The first-order valence-corrected chi connectivity index (χ1v) is 20.9. The highest BCUT2D eigenvalue weighted by atomic mass is 16.7. The third-order valence-corrected chi connectivity index (χ3v) is 12.9. The highest BCUT2D eigenvalue weighted by molar-refractivity contribution is 6.39. The van der Waals surface area contributed by atoms with Crippen LogP contribution in [0, 0.1) is 29.6 Å². The molecule has 1 saturated carbocycles. The molecule has 322 valence electrons. The van der Waals surface area contributed by atoms with Crippen molar-refractivity contribution in [1.29, 1.82) is 0 Å². The molecule has 2 saturated heterocycles. The molecule has 0 aromatic carbocycles. The Morgan fingerprint density at radius 1 is 1.00 bits per heavy atom. The number of piperidine rings is 1. The quantitative estimate of drug-likeness (QED) is 0.168. The fraction of sp³-hybridized carbons (Fsp3) is 0.773. The van der Waals surface area contributed by atoms with Gasteiger partial charge in [0.15, 0.2) is 0 Å². The predicted octanol–water partition coefficient (Wildman–Crippen LogP) is 4.64. The number of aliphatic hydroxyl groups is 3. The smallest absolute Gasteiger partial charge is 0.329 e. The van der Waals surface area contributed by atoms with Crippen LogP contribution in [0.4, 0.5) is 0 Å². The van der Waals surface area contributed by atoms with E-state index in [1.54, 1.807) is 34.0 Å². The summed E-state index contributed by atoms with van der Waals surface area (Å²) in [4.78, 5) is 58.0. The van der Waals surface area contributed by atoms with E-state index in [-0.39, 0.29) is 49.5 Å². The lowest BCUT2D eigenvalue weighted by Crippen LogP contribution is -2.64. The number of fused-ring (bicyclic) bond motifs is 3. The maximum absolute atomic E-state index is 14.3. The molecule has 57 heavy (non-hydrogen) atoms. The van der Waals surface area contributed by atoms with Crippen molar-refractivity contribution in [3.8, 4) is 0 Å². The molecule has 0 radical (unpaired) electrons. The Bertz CT molecular complexity index is 1480. The molecule has 14 atom stereocenters. The molecule has 0 aromatic heterocycles. The van der Waals surface area contributed by atoms with Crippen molar-refractivity contribution in [3.05, 3.63) is 36.0 Å². The van der Waals surface area contributed by atoms with Gasteiger partial charge >= 0.3 is 5.97 Å². The van der Waals surface area contributed by atoms with Crippen LogP contribution in [0.5, 0.6) is 0 Å². The lowest BCUT2D eigenvalue weighted by Gasteiger charge is -2.47. The van der Waals surface area contributed by atoms with E-state index in [0.29, 0.717) is 56.9 Å². The zero-order valence-corrected chi connectivity index (χ0v) is 35.4. The van der Waals surface area contributed by atoms with Gasteiger partial charge in [0, 0.05) is 52.0 Å². The molecule has 4 aliphatic rings. The summed E-state index contributed by atoms with van der Waals surface area (Å²) in [6.45, 7) is 13.1. The van der Waals surface area contributed by atoms with Gasteiger partial charge in [-0.25, -0.2) is 4.79 Å². The highest BCUT2D eigenvalue weighted by Gasteiger charge is 2.56. The lowest BCUT2D eigenvalue weighted by molar-refractivity contribution is -0.302. The Morgan fingerprint density at radius 2 is 1.67 bits per heavy atom. The van der Waals surface area contributed by atoms with Crippen molar-refractivity contribution in [2.24, 2.45) is 29.6 Å². The Balaban J connectivity index is 1.74. The predicted molar refractivity (Wildman–Crippen MR) is 213 cm³/mol. The van der Waals surface area contributed by atoms with Crippen LogP contribution in [-0.2, 0) is 42.9 Å². The van der Waals surface area contributed by atoms with Crippen molar-refractivity contribution in [3.63, 3.8) is 0 Å². The van der Waals surface area contributed by atoms with Crippen molar-refractivity contribution >= 4 is 23.4 Å². The first kappa shape index (κ1) is 46.9. The summed E-state index contributed by atoms with van der Waals surface area (Å²) < 4.78 is 29.6. The number of cyclic esters (lactones) is 1. The van der Waals surface area contributed by atoms with Gasteiger partial charge in [0.05, 0.1) is 30.5 Å². The normalized spacial score (nSPS) is 39.1. The number of carbonyl (C=O) groups is 4. The summed E-state index contributed by atoms with van der Waals surface area (Å²) >= 11 is 0. The van der Waals surface area contributed by atoms with Crippen LogP contribution in [0.15, 0.2) is 36.0 Å². The fourth-order valence-corrected chi connectivity index (χ4v) is 9.40. The van der Waals surface area contributed by atoms with Crippen LogP contribution in [0.1, 0.15) is 105 Å². The number of methoxy groups -OCH3 is 3. The van der Waals surface area contributed by atoms with Crippen LogP contribution in [0.2, 0.25) is 0 Å². The van der Waals surface area contributed by atoms with E-state index in [2.05, 4.69) is 6.58 Å². The molecule has 3 aliphatic heterocycles. The second-order valence-electron chi connectivity index (χ2n) is 17.3. The molecule has 1 amide bonds. The van der Waals surface area contributed by atoms with E-state index in [9.17, 15) is 34.5 Å². The topological polar surface area (TPSA) is 178 Å². The maximum Gasteiger partial charge on any atom is 0.329 e. The van der Waals surface area contributed by atoms with Gasteiger partial charge in [0.25, 0.3) is 11.7 Å². The monoisotopic (exact) mass is 803 g/mol. The minimum Gasteiger partial charge on any atom is -0.460 e. The first-order valence-electron chi connectivity index (χ1n) is 20.9. The number of rotatable bonds is 9. The number of ketones is 2. The van der Waals surface area contributed by atoms with E-state index < -0.39 is 83.9 Å². The van der Waals surface area contributed by atoms with Gasteiger partial charge < -0.3 is 43.9 Å². The van der Waals surface area contributed by atoms with Crippen LogP contribution < -0.4 is 0 Å². The first-order chi connectivity index (χ1) is 27.0. The maximum atomic E-state index is 14.3. The Labute approximate surface area is 339 Å². The number of carbonyl (C=O) groups excluding carboxylic acids is 4. The third-order valence-electron chi connectivity index (χ3n) is 12.9. The lowest BCUT2D eigenvalue weighted by atomic mass is 9.81. The Hall–Kier alpha value is -2.78. The second-order valence-corrected chi connectivity index (χ2v) is 17.3. The summed E-state index contributed by atoms with van der Waals surface area (Å²) in [5.74, 6) is -7.80. The minimum absolute atomic E-state index is 0.0120. The molecular formula is C44H69NO12. The number of Topliss-reactive ketones (excluding diaryl/α,β-unsaturated/α-hetero) is 2. The molecular weight excluding hydrogens is 734 g/mol. The molecule has 0 spiro atoms. The van der Waals surface area contributed by atoms with E-state index in [1.807, 2.05) is 26.0 Å². The molecule has 0 unspecified atom stereocenters. The number of aliphatic hydroxyl groups excluding tert-OH is 2. The number of hydrogen-bond donors (Lipinski definition) is 3. The summed E-state index contributed by atoms with van der Waals surface area (Å²) in [5, 5.41) is 34.0. The van der Waals surface area contributed by atoms with Gasteiger partial charge in [-0.3, -0.25) is 14.4 Å². The second kappa shape index (κ2) is 21.0. The van der Waals surface area contributed by atoms with Gasteiger partial charge in [-0.2, -0.15) is 0 Å². The average molecular weight is 804 g/mol. The van der Waals surface area contributed by atoms with Crippen molar-refractivity contribution in [2.45, 2.75) is 160 Å².